The maximum atomic E-state index is 11.3. The molecule has 0 aliphatic heterocycles. The zero-order valence-electron chi connectivity index (χ0n) is 11.6. The molecule has 0 radical (unpaired) electrons. The van der Waals surface area contributed by atoms with Crippen LogP contribution in [0, 0.1) is 0 Å². The molecule has 3 N–H and O–H groups in total. The number of carbonyl (C=O) groups is 1. The Morgan fingerprint density at radius 3 is 2.95 bits per heavy atom. The SMILES string of the molecule is CCC1(CC(=O)O)CCCc2c1[nH]c1ccc(O)cc21. The van der Waals surface area contributed by atoms with Gasteiger partial charge in [0, 0.05) is 22.0 Å². The summed E-state index contributed by atoms with van der Waals surface area (Å²) in [7, 11) is 0. The number of benzene rings is 1. The highest BCUT2D eigenvalue weighted by Gasteiger charge is 2.39. The van der Waals surface area contributed by atoms with E-state index in [-0.39, 0.29) is 17.6 Å². The molecular formula is C16H19NO3. The first kappa shape index (κ1) is 13.0. The molecule has 106 valence electrons. The summed E-state index contributed by atoms with van der Waals surface area (Å²) in [6, 6.07) is 5.30. The van der Waals surface area contributed by atoms with E-state index >= 15 is 0 Å². The van der Waals surface area contributed by atoms with Crippen molar-refractivity contribution >= 4 is 16.9 Å². The van der Waals surface area contributed by atoms with Crippen molar-refractivity contribution in [2.75, 3.05) is 0 Å². The van der Waals surface area contributed by atoms with Gasteiger partial charge in [0.05, 0.1) is 6.42 Å². The Morgan fingerprint density at radius 2 is 2.25 bits per heavy atom. The molecule has 1 unspecified atom stereocenters. The highest BCUT2D eigenvalue weighted by Crippen LogP contribution is 2.45. The van der Waals surface area contributed by atoms with Crippen LogP contribution in [0.1, 0.15) is 43.9 Å². The molecule has 0 fully saturated rings. The van der Waals surface area contributed by atoms with Gasteiger partial charge in [-0.1, -0.05) is 6.92 Å². The van der Waals surface area contributed by atoms with Crippen LogP contribution >= 0.6 is 0 Å². The standard InChI is InChI=1S/C16H19NO3/c1-2-16(9-14(19)20)7-3-4-11-12-8-10(18)5-6-13(12)17-15(11)16/h5-6,8,17-18H,2-4,7,9H2,1H3,(H,19,20). The van der Waals surface area contributed by atoms with Crippen molar-refractivity contribution in [2.45, 2.75) is 44.4 Å². The van der Waals surface area contributed by atoms with Crippen molar-refractivity contribution in [3.8, 4) is 5.75 Å². The summed E-state index contributed by atoms with van der Waals surface area (Å²) in [6.07, 6.45) is 3.82. The highest BCUT2D eigenvalue weighted by atomic mass is 16.4. The van der Waals surface area contributed by atoms with Gasteiger partial charge < -0.3 is 15.2 Å². The number of phenolic OH excluding ortho intramolecular Hbond substituents is 1. The summed E-state index contributed by atoms with van der Waals surface area (Å²) < 4.78 is 0. The molecule has 0 spiro atoms. The normalized spacial score (nSPS) is 21.9. The van der Waals surface area contributed by atoms with Crippen LogP contribution in [0.2, 0.25) is 0 Å². The number of aromatic nitrogens is 1. The Kier molecular flexibility index (Phi) is 2.96. The van der Waals surface area contributed by atoms with E-state index in [1.807, 2.05) is 6.07 Å². The van der Waals surface area contributed by atoms with E-state index in [9.17, 15) is 15.0 Å². The van der Waals surface area contributed by atoms with Gasteiger partial charge in [-0.2, -0.15) is 0 Å². The first-order chi connectivity index (χ1) is 9.55. The second kappa shape index (κ2) is 4.54. The van der Waals surface area contributed by atoms with Crippen molar-refractivity contribution in [1.82, 2.24) is 4.98 Å². The van der Waals surface area contributed by atoms with Gasteiger partial charge in [0.1, 0.15) is 5.75 Å². The van der Waals surface area contributed by atoms with Crippen LogP contribution in [0.15, 0.2) is 18.2 Å². The van der Waals surface area contributed by atoms with E-state index < -0.39 is 5.97 Å². The summed E-state index contributed by atoms with van der Waals surface area (Å²) in [4.78, 5) is 14.7. The van der Waals surface area contributed by atoms with Crippen molar-refractivity contribution in [2.24, 2.45) is 0 Å². The molecule has 4 nitrogen and oxygen atoms in total. The van der Waals surface area contributed by atoms with Gasteiger partial charge >= 0.3 is 5.97 Å². The van der Waals surface area contributed by atoms with E-state index in [0.717, 1.165) is 42.3 Å². The molecular weight excluding hydrogens is 254 g/mol. The number of aromatic hydroxyl groups is 1. The maximum absolute atomic E-state index is 11.3. The zero-order chi connectivity index (χ0) is 14.3. The van der Waals surface area contributed by atoms with E-state index in [1.165, 1.54) is 5.56 Å². The maximum Gasteiger partial charge on any atom is 0.304 e. The molecule has 1 aliphatic carbocycles. The number of carboxylic acid groups (broad SMARTS) is 1. The third-order valence-corrected chi connectivity index (χ3v) is 4.67. The number of hydrogen-bond acceptors (Lipinski definition) is 2. The lowest BCUT2D eigenvalue weighted by atomic mass is 9.69. The minimum Gasteiger partial charge on any atom is -0.508 e. The Bertz CT molecular complexity index is 674. The van der Waals surface area contributed by atoms with Crippen molar-refractivity contribution in [3.05, 3.63) is 29.5 Å². The lowest BCUT2D eigenvalue weighted by Crippen LogP contribution is -2.33. The zero-order valence-corrected chi connectivity index (χ0v) is 11.6. The third kappa shape index (κ3) is 1.87. The first-order valence-corrected chi connectivity index (χ1v) is 7.11. The van der Waals surface area contributed by atoms with Crippen LogP contribution < -0.4 is 0 Å². The van der Waals surface area contributed by atoms with Crippen LogP contribution in [0.5, 0.6) is 5.75 Å². The summed E-state index contributed by atoms with van der Waals surface area (Å²) in [5.41, 5.74) is 2.94. The number of fused-ring (bicyclic) bond motifs is 3. The fourth-order valence-electron chi connectivity index (χ4n) is 3.62. The smallest absolute Gasteiger partial charge is 0.304 e. The molecule has 20 heavy (non-hydrogen) atoms. The van der Waals surface area contributed by atoms with Crippen molar-refractivity contribution in [1.29, 1.82) is 0 Å². The number of carboxylic acids is 1. The Balaban J connectivity index is 2.21. The fourth-order valence-corrected chi connectivity index (χ4v) is 3.62. The molecule has 0 bridgehead atoms. The molecule has 1 aliphatic rings. The number of phenols is 1. The minimum absolute atomic E-state index is 0.162. The van der Waals surface area contributed by atoms with Crippen LogP contribution in [0.25, 0.3) is 10.9 Å². The second-order valence-corrected chi connectivity index (χ2v) is 5.77. The summed E-state index contributed by atoms with van der Waals surface area (Å²) in [6.45, 7) is 2.06. The van der Waals surface area contributed by atoms with E-state index in [1.54, 1.807) is 12.1 Å². The number of nitrogens with one attached hydrogen (secondary N) is 1. The second-order valence-electron chi connectivity index (χ2n) is 5.77. The van der Waals surface area contributed by atoms with Crippen molar-refractivity contribution < 1.29 is 15.0 Å². The molecule has 3 rings (SSSR count). The van der Waals surface area contributed by atoms with E-state index in [4.69, 9.17) is 0 Å². The molecule has 1 aromatic heterocycles. The van der Waals surface area contributed by atoms with Gasteiger partial charge in [0.15, 0.2) is 0 Å². The van der Waals surface area contributed by atoms with E-state index in [0.29, 0.717) is 0 Å². The van der Waals surface area contributed by atoms with Crippen LogP contribution in [-0.4, -0.2) is 21.2 Å². The molecule has 0 amide bonds. The van der Waals surface area contributed by atoms with Gasteiger partial charge in [-0.3, -0.25) is 4.79 Å². The predicted octanol–water partition coefficient (Wildman–Crippen LogP) is 3.33. The number of aromatic amines is 1. The van der Waals surface area contributed by atoms with E-state index in [2.05, 4.69) is 11.9 Å². The lowest BCUT2D eigenvalue weighted by molar-refractivity contribution is -0.138. The van der Waals surface area contributed by atoms with Gasteiger partial charge in [-0.15, -0.1) is 0 Å². The van der Waals surface area contributed by atoms with Gasteiger partial charge in [-0.25, -0.2) is 0 Å². The Morgan fingerprint density at radius 1 is 1.45 bits per heavy atom. The van der Waals surface area contributed by atoms with Crippen LogP contribution in [-0.2, 0) is 16.6 Å². The summed E-state index contributed by atoms with van der Waals surface area (Å²) >= 11 is 0. The molecule has 1 heterocycles. The largest absolute Gasteiger partial charge is 0.508 e. The number of H-pyrrole nitrogens is 1. The molecule has 2 aromatic rings. The summed E-state index contributed by atoms with van der Waals surface area (Å²) in [5.74, 6) is -0.494. The summed E-state index contributed by atoms with van der Waals surface area (Å²) in [5, 5.41) is 20.0. The van der Waals surface area contributed by atoms with Gasteiger partial charge in [-0.05, 0) is 49.4 Å². The third-order valence-electron chi connectivity index (χ3n) is 4.67. The Labute approximate surface area is 117 Å². The fraction of sp³-hybridized carbons (Fsp3) is 0.438. The first-order valence-electron chi connectivity index (χ1n) is 7.11. The molecule has 4 heteroatoms. The highest BCUT2D eigenvalue weighted by molar-refractivity contribution is 5.87. The minimum atomic E-state index is -0.749. The number of hydrogen-bond donors (Lipinski definition) is 3. The average molecular weight is 273 g/mol. The monoisotopic (exact) mass is 273 g/mol. The van der Waals surface area contributed by atoms with Gasteiger partial charge in [0.25, 0.3) is 0 Å². The lowest BCUT2D eigenvalue weighted by Gasteiger charge is -2.35. The number of rotatable bonds is 3. The topological polar surface area (TPSA) is 73.3 Å². The number of aryl methyl sites for hydroxylation is 1. The predicted molar refractivity (Wildman–Crippen MR) is 77.1 cm³/mol. The molecule has 0 saturated heterocycles. The Hall–Kier alpha value is -1.97. The molecule has 1 atom stereocenters. The van der Waals surface area contributed by atoms with Crippen LogP contribution in [0.4, 0.5) is 0 Å². The molecule has 0 saturated carbocycles. The van der Waals surface area contributed by atoms with Gasteiger partial charge in [0.2, 0.25) is 0 Å². The molecule has 1 aromatic carbocycles. The van der Waals surface area contributed by atoms with Crippen LogP contribution in [0.3, 0.4) is 0 Å². The quantitative estimate of drug-likeness (QED) is 0.803. The number of aliphatic carboxylic acids is 1. The average Bonchev–Trinajstić information content (AvgIpc) is 2.78. The van der Waals surface area contributed by atoms with Crippen molar-refractivity contribution in [3.63, 3.8) is 0 Å².